The topological polar surface area (TPSA) is 12.0 Å². The summed E-state index contributed by atoms with van der Waals surface area (Å²) in [6.07, 6.45) is 7.83. The maximum absolute atomic E-state index is 5.22. The molecule has 0 amide bonds. The Labute approximate surface area is 63.2 Å². The van der Waals surface area contributed by atoms with Gasteiger partial charge in [0.25, 0.3) is 0 Å². The largest absolute Gasteiger partial charge is 0.301 e. The predicted octanol–water partition coefficient (Wildman–Crippen LogP) is 1.40. The highest BCUT2D eigenvalue weighted by molar-refractivity contribution is 5.02. The SMILES string of the molecule is C#CC(C)NC1CC1CC. The third-order valence-corrected chi connectivity index (χ3v) is 2.16. The predicted molar refractivity (Wildman–Crippen MR) is 43.6 cm³/mol. The molecule has 1 N–H and O–H groups in total. The van der Waals surface area contributed by atoms with E-state index in [1.54, 1.807) is 0 Å². The summed E-state index contributed by atoms with van der Waals surface area (Å²) in [5, 5.41) is 3.37. The minimum Gasteiger partial charge on any atom is -0.301 e. The van der Waals surface area contributed by atoms with Crippen molar-refractivity contribution in [2.24, 2.45) is 5.92 Å². The van der Waals surface area contributed by atoms with E-state index in [1.807, 2.05) is 6.92 Å². The maximum Gasteiger partial charge on any atom is 0.0660 e. The second kappa shape index (κ2) is 3.07. The van der Waals surface area contributed by atoms with E-state index in [9.17, 15) is 0 Å². The van der Waals surface area contributed by atoms with E-state index < -0.39 is 0 Å². The smallest absolute Gasteiger partial charge is 0.0660 e. The van der Waals surface area contributed by atoms with Crippen molar-refractivity contribution in [3.8, 4) is 12.3 Å². The van der Waals surface area contributed by atoms with Crippen LogP contribution >= 0.6 is 0 Å². The third kappa shape index (κ3) is 1.75. The first kappa shape index (κ1) is 7.63. The van der Waals surface area contributed by atoms with Crippen molar-refractivity contribution < 1.29 is 0 Å². The van der Waals surface area contributed by atoms with Crippen molar-refractivity contribution in [1.29, 1.82) is 0 Å². The lowest BCUT2D eigenvalue weighted by Crippen LogP contribution is -2.27. The summed E-state index contributed by atoms with van der Waals surface area (Å²) >= 11 is 0. The highest BCUT2D eigenvalue weighted by Gasteiger charge is 2.35. The molecule has 0 aromatic heterocycles. The van der Waals surface area contributed by atoms with Crippen LogP contribution in [0.25, 0.3) is 0 Å². The summed E-state index contributed by atoms with van der Waals surface area (Å²) < 4.78 is 0. The van der Waals surface area contributed by atoms with Crippen molar-refractivity contribution in [1.82, 2.24) is 5.32 Å². The van der Waals surface area contributed by atoms with Crippen LogP contribution in [-0.2, 0) is 0 Å². The van der Waals surface area contributed by atoms with Gasteiger partial charge in [-0.3, -0.25) is 0 Å². The molecular weight excluding hydrogens is 122 g/mol. The molecule has 0 aromatic rings. The highest BCUT2D eigenvalue weighted by atomic mass is 15.0. The van der Waals surface area contributed by atoms with Crippen LogP contribution in [0.3, 0.4) is 0 Å². The van der Waals surface area contributed by atoms with Gasteiger partial charge in [-0.25, -0.2) is 0 Å². The molecule has 56 valence electrons. The van der Waals surface area contributed by atoms with E-state index in [0.717, 1.165) is 12.0 Å². The van der Waals surface area contributed by atoms with E-state index in [4.69, 9.17) is 6.42 Å². The maximum atomic E-state index is 5.22. The molecule has 0 aliphatic heterocycles. The molecule has 0 radical (unpaired) electrons. The quantitative estimate of drug-likeness (QED) is 0.580. The lowest BCUT2D eigenvalue weighted by molar-refractivity contribution is 0.594. The van der Waals surface area contributed by atoms with Crippen LogP contribution in [0.4, 0.5) is 0 Å². The zero-order valence-corrected chi connectivity index (χ0v) is 6.72. The zero-order valence-electron chi connectivity index (χ0n) is 6.72. The van der Waals surface area contributed by atoms with Gasteiger partial charge in [-0.05, 0) is 19.3 Å². The van der Waals surface area contributed by atoms with Gasteiger partial charge < -0.3 is 5.32 Å². The van der Waals surface area contributed by atoms with Gasteiger partial charge in [-0.2, -0.15) is 0 Å². The second-order valence-corrected chi connectivity index (χ2v) is 3.07. The first-order valence-corrected chi connectivity index (χ1v) is 4.00. The Balaban J connectivity index is 2.13. The number of hydrogen-bond acceptors (Lipinski definition) is 1. The molecule has 1 nitrogen and oxygen atoms in total. The molecule has 3 atom stereocenters. The average molecular weight is 137 g/mol. The number of rotatable bonds is 3. The van der Waals surface area contributed by atoms with Crippen LogP contribution in [-0.4, -0.2) is 12.1 Å². The molecular formula is C9H15N. The van der Waals surface area contributed by atoms with E-state index >= 15 is 0 Å². The van der Waals surface area contributed by atoms with Gasteiger partial charge in [-0.1, -0.05) is 19.3 Å². The minimum atomic E-state index is 0.251. The van der Waals surface area contributed by atoms with Crippen LogP contribution in [0.1, 0.15) is 26.7 Å². The molecule has 0 heterocycles. The Bertz CT molecular complexity index is 145. The van der Waals surface area contributed by atoms with Gasteiger partial charge in [0.15, 0.2) is 0 Å². The lowest BCUT2D eigenvalue weighted by Gasteiger charge is -2.04. The van der Waals surface area contributed by atoms with Crippen LogP contribution in [0, 0.1) is 18.3 Å². The zero-order chi connectivity index (χ0) is 7.56. The summed E-state index contributed by atoms with van der Waals surface area (Å²) in [4.78, 5) is 0. The van der Waals surface area contributed by atoms with E-state index in [-0.39, 0.29) is 6.04 Å². The Morgan fingerprint density at radius 3 is 2.90 bits per heavy atom. The van der Waals surface area contributed by atoms with Crippen molar-refractivity contribution in [2.45, 2.75) is 38.8 Å². The summed E-state index contributed by atoms with van der Waals surface area (Å²) in [7, 11) is 0. The summed E-state index contributed by atoms with van der Waals surface area (Å²) in [6.45, 7) is 4.26. The van der Waals surface area contributed by atoms with Crippen LogP contribution in [0.5, 0.6) is 0 Å². The molecule has 1 heteroatoms. The highest BCUT2D eigenvalue weighted by Crippen LogP contribution is 2.33. The van der Waals surface area contributed by atoms with Gasteiger partial charge in [-0.15, -0.1) is 6.42 Å². The normalized spacial score (nSPS) is 32.9. The molecule has 10 heavy (non-hydrogen) atoms. The molecule has 0 bridgehead atoms. The molecule has 1 aliphatic carbocycles. The number of nitrogens with one attached hydrogen (secondary N) is 1. The summed E-state index contributed by atoms with van der Waals surface area (Å²) in [5.41, 5.74) is 0. The fraction of sp³-hybridized carbons (Fsp3) is 0.778. The Morgan fingerprint density at radius 2 is 2.50 bits per heavy atom. The van der Waals surface area contributed by atoms with E-state index in [1.165, 1.54) is 12.8 Å². The van der Waals surface area contributed by atoms with Crippen molar-refractivity contribution in [3.05, 3.63) is 0 Å². The van der Waals surface area contributed by atoms with Gasteiger partial charge in [0, 0.05) is 6.04 Å². The van der Waals surface area contributed by atoms with E-state index in [0.29, 0.717) is 0 Å². The lowest BCUT2D eigenvalue weighted by atomic mass is 10.3. The summed E-state index contributed by atoms with van der Waals surface area (Å²) in [6, 6.07) is 0.970. The van der Waals surface area contributed by atoms with Gasteiger partial charge in [0.1, 0.15) is 0 Å². The Kier molecular flexibility index (Phi) is 2.34. The van der Waals surface area contributed by atoms with Crippen molar-refractivity contribution >= 4 is 0 Å². The molecule has 0 spiro atoms. The summed E-state index contributed by atoms with van der Waals surface area (Å²) in [5.74, 6) is 3.57. The first-order chi connectivity index (χ1) is 4.77. The standard InChI is InChI=1S/C9H15N/c1-4-7(3)10-9-6-8(9)5-2/h1,7-10H,5-6H2,2-3H3. The second-order valence-electron chi connectivity index (χ2n) is 3.07. The molecule has 3 unspecified atom stereocenters. The average Bonchev–Trinajstić information content (AvgIpc) is 2.67. The van der Waals surface area contributed by atoms with Crippen LogP contribution < -0.4 is 5.32 Å². The molecule has 0 aromatic carbocycles. The number of terminal acetylenes is 1. The monoisotopic (exact) mass is 137 g/mol. The molecule has 1 fully saturated rings. The van der Waals surface area contributed by atoms with Crippen LogP contribution in [0.15, 0.2) is 0 Å². The van der Waals surface area contributed by atoms with Gasteiger partial charge >= 0.3 is 0 Å². The van der Waals surface area contributed by atoms with Crippen LogP contribution in [0.2, 0.25) is 0 Å². The Morgan fingerprint density at radius 1 is 1.80 bits per heavy atom. The van der Waals surface area contributed by atoms with Crippen molar-refractivity contribution in [2.75, 3.05) is 0 Å². The Hall–Kier alpha value is -0.480. The molecule has 1 saturated carbocycles. The minimum absolute atomic E-state index is 0.251. The first-order valence-electron chi connectivity index (χ1n) is 4.00. The molecule has 0 saturated heterocycles. The molecule has 1 rings (SSSR count). The third-order valence-electron chi connectivity index (χ3n) is 2.16. The molecule has 1 aliphatic rings. The van der Waals surface area contributed by atoms with Gasteiger partial charge in [0.05, 0.1) is 6.04 Å². The number of hydrogen-bond donors (Lipinski definition) is 1. The fourth-order valence-electron chi connectivity index (χ4n) is 1.27. The van der Waals surface area contributed by atoms with Gasteiger partial charge in [0.2, 0.25) is 0 Å². The van der Waals surface area contributed by atoms with E-state index in [2.05, 4.69) is 18.2 Å². The fourth-order valence-corrected chi connectivity index (χ4v) is 1.27. The van der Waals surface area contributed by atoms with Crippen molar-refractivity contribution in [3.63, 3.8) is 0 Å².